The van der Waals surface area contributed by atoms with Crippen molar-refractivity contribution in [3.8, 4) is 0 Å². The second kappa shape index (κ2) is 7.24. The minimum Gasteiger partial charge on any atom is -0.378 e. The van der Waals surface area contributed by atoms with E-state index in [-0.39, 0.29) is 24.3 Å². The van der Waals surface area contributed by atoms with E-state index in [0.29, 0.717) is 26.3 Å². The number of hydrazine groups is 1. The van der Waals surface area contributed by atoms with Crippen LogP contribution in [0.5, 0.6) is 0 Å². The lowest BCUT2D eigenvalue weighted by atomic mass is 10.1. The lowest BCUT2D eigenvalue weighted by molar-refractivity contribution is -0.136. The highest BCUT2D eigenvalue weighted by atomic mass is 16.5. The monoisotopic (exact) mass is 243 g/mol. The third kappa shape index (κ3) is 4.70. The molecule has 1 heterocycles. The molecular weight excluding hydrogens is 222 g/mol. The van der Waals surface area contributed by atoms with Crippen LogP contribution in [0.4, 0.5) is 0 Å². The maximum Gasteiger partial charge on any atom is 0.256 e. The van der Waals surface area contributed by atoms with Crippen LogP contribution in [0.1, 0.15) is 20.3 Å². The molecule has 1 fully saturated rings. The Hall–Kier alpha value is -1.14. The molecule has 2 amide bonds. The molecule has 0 aromatic rings. The summed E-state index contributed by atoms with van der Waals surface area (Å²) < 4.78 is 5.21. The van der Waals surface area contributed by atoms with E-state index in [2.05, 4.69) is 10.7 Å². The van der Waals surface area contributed by atoms with Gasteiger partial charge in [0.05, 0.1) is 26.3 Å². The molecule has 1 aliphatic rings. The molecule has 1 saturated heterocycles. The van der Waals surface area contributed by atoms with E-state index in [9.17, 15) is 9.59 Å². The first-order chi connectivity index (χ1) is 8.15. The summed E-state index contributed by atoms with van der Waals surface area (Å²) in [5, 5.41) is 4.14. The Balaban J connectivity index is 2.30. The maximum atomic E-state index is 11.8. The third-order valence-corrected chi connectivity index (χ3v) is 2.78. The molecule has 0 bridgehead atoms. The molecule has 0 aromatic heterocycles. The average Bonchev–Trinajstić information content (AvgIpc) is 2.63. The molecule has 2 N–H and O–H groups in total. The largest absolute Gasteiger partial charge is 0.378 e. The van der Waals surface area contributed by atoms with Crippen LogP contribution in [0, 0.1) is 5.92 Å². The van der Waals surface area contributed by atoms with E-state index >= 15 is 0 Å². The summed E-state index contributed by atoms with van der Waals surface area (Å²) in [4.78, 5) is 23.3. The SMILES string of the molecule is CCC(C)C(=O)NCC(=O)N1CCOCCN1. The smallest absolute Gasteiger partial charge is 0.256 e. The number of hydrogen-bond donors (Lipinski definition) is 2. The summed E-state index contributed by atoms with van der Waals surface area (Å²) in [6, 6.07) is 0. The zero-order chi connectivity index (χ0) is 12.7. The Labute approximate surface area is 102 Å². The normalized spacial score (nSPS) is 18.4. The van der Waals surface area contributed by atoms with Crippen molar-refractivity contribution in [3.05, 3.63) is 0 Å². The number of nitrogens with zero attached hydrogens (tertiary/aromatic N) is 1. The van der Waals surface area contributed by atoms with Gasteiger partial charge in [0.25, 0.3) is 5.91 Å². The minimum absolute atomic E-state index is 0.0379. The third-order valence-electron chi connectivity index (χ3n) is 2.78. The number of carbonyl (C=O) groups excluding carboxylic acids is 2. The Morgan fingerprint density at radius 1 is 1.47 bits per heavy atom. The van der Waals surface area contributed by atoms with E-state index in [1.165, 1.54) is 5.01 Å². The van der Waals surface area contributed by atoms with Crippen molar-refractivity contribution in [1.29, 1.82) is 0 Å². The van der Waals surface area contributed by atoms with Gasteiger partial charge in [-0.05, 0) is 6.42 Å². The van der Waals surface area contributed by atoms with Gasteiger partial charge >= 0.3 is 0 Å². The van der Waals surface area contributed by atoms with E-state index in [1.54, 1.807) is 0 Å². The van der Waals surface area contributed by atoms with Gasteiger partial charge in [-0.1, -0.05) is 13.8 Å². The van der Waals surface area contributed by atoms with Crippen LogP contribution in [0.25, 0.3) is 0 Å². The molecule has 0 spiro atoms. The molecule has 6 nitrogen and oxygen atoms in total. The maximum absolute atomic E-state index is 11.8. The topological polar surface area (TPSA) is 70.7 Å². The van der Waals surface area contributed by atoms with E-state index in [4.69, 9.17) is 4.74 Å². The van der Waals surface area contributed by atoms with Gasteiger partial charge < -0.3 is 10.1 Å². The van der Waals surface area contributed by atoms with Gasteiger partial charge in [0.15, 0.2) is 0 Å². The Kier molecular flexibility index (Phi) is 5.93. The van der Waals surface area contributed by atoms with Crippen LogP contribution in [-0.2, 0) is 14.3 Å². The summed E-state index contributed by atoms with van der Waals surface area (Å²) in [6.07, 6.45) is 0.774. The molecule has 0 aromatic carbocycles. The van der Waals surface area contributed by atoms with Crippen molar-refractivity contribution in [3.63, 3.8) is 0 Å². The summed E-state index contributed by atoms with van der Waals surface area (Å²) in [5.74, 6) is -0.262. The van der Waals surface area contributed by atoms with E-state index < -0.39 is 0 Å². The van der Waals surface area contributed by atoms with Crippen molar-refractivity contribution in [2.24, 2.45) is 5.92 Å². The van der Waals surface area contributed by atoms with Crippen LogP contribution in [0.2, 0.25) is 0 Å². The van der Waals surface area contributed by atoms with Gasteiger partial charge in [-0.25, -0.2) is 5.43 Å². The number of nitrogens with one attached hydrogen (secondary N) is 2. The first kappa shape index (κ1) is 13.9. The molecule has 0 saturated carbocycles. The number of hydrogen-bond acceptors (Lipinski definition) is 4. The molecular formula is C11H21N3O3. The van der Waals surface area contributed by atoms with Crippen LogP contribution < -0.4 is 10.7 Å². The molecule has 1 unspecified atom stereocenters. The van der Waals surface area contributed by atoms with Crippen molar-refractivity contribution in [1.82, 2.24) is 15.8 Å². The zero-order valence-electron chi connectivity index (χ0n) is 10.5. The van der Waals surface area contributed by atoms with Gasteiger partial charge in [-0.15, -0.1) is 0 Å². The molecule has 0 radical (unpaired) electrons. The number of amides is 2. The van der Waals surface area contributed by atoms with Crippen molar-refractivity contribution in [2.75, 3.05) is 32.8 Å². The fourth-order valence-corrected chi connectivity index (χ4v) is 1.42. The highest BCUT2D eigenvalue weighted by Crippen LogP contribution is 1.99. The highest BCUT2D eigenvalue weighted by Gasteiger charge is 2.17. The first-order valence-corrected chi connectivity index (χ1v) is 6.04. The van der Waals surface area contributed by atoms with Crippen LogP contribution >= 0.6 is 0 Å². The van der Waals surface area contributed by atoms with Gasteiger partial charge in [0.1, 0.15) is 0 Å². The molecule has 1 rings (SSSR count). The molecule has 6 heteroatoms. The molecule has 1 atom stereocenters. The van der Waals surface area contributed by atoms with Gasteiger partial charge in [-0.3, -0.25) is 14.6 Å². The average molecular weight is 243 g/mol. The van der Waals surface area contributed by atoms with Crippen LogP contribution in [0.15, 0.2) is 0 Å². The Morgan fingerprint density at radius 2 is 2.24 bits per heavy atom. The summed E-state index contributed by atoms with van der Waals surface area (Å²) in [6.45, 7) is 6.08. The Bertz CT molecular complexity index is 263. The second-order valence-electron chi connectivity index (χ2n) is 4.09. The fraction of sp³-hybridized carbons (Fsp3) is 0.818. The quantitative estimate of drug-likeness (QED) is 0.699. The minimum atomic E-state index is -0.132. The summed E-state index contributed by atoms with van der Waals surface area (Å²) >= 11 is 0. The Morgan fingerprint density at radius 3 is 2.94 bits per heavy atom. The molecule has 17 heavy (non-hydrogen) atoms. The van der Waals surface area contributed by atoms with Gasteiger partial charge in [-0.2, -0.15) is 0 Å². The van der Waals surface area contributed by atoms with E-state index in [1.807, 2.05) is 13.8 Å². The van der Waals surface area contributed by atoms with Crippen molar-refractivity contribution >= 4 is 11.8 Å². The van der Waals surface area contributed by atoms with Crippen molar-refractivity contribution in [2.45, 2.75) is 20.3 Å². The predicted octanol–water partition coefficient (Wildman–Crippen LogP) is -0.488. The summed E-state index contributed by atoms with van der Waals surface area (Å²) in [5.41, 5.74) is 2.96. The lowest BCUT2D eigenvalue weighted by Gasteiger charge is -2.20. The number of rotatable bonds is 4. The standard InChI is InChI=1S/C11H21N3O3/c1-3-9(2)11(16)12-8-10(15)14-5-7-17-6-4-13-14/h9,13H,3-8H2,1-2H3,(H,12,16). The van der Waals surface area contributed by atoms with Crippen LogP contribution in [-0.4, -0.2) is 49.7 Å². The molecule has 0 aliphatic carbocycles. The molecule has 1 aliphatic heterocycles. The van der Waals surface area contributed by atoms with E-state index in [0.717, 1.165) is 6.42 Å². The first-order valence-electron chi connectivity index (χ1n) is 6.04. The zero-order valence-corrected chi connectivity index (χ0v) is 10.5. The van der Waals surface area contributed by atoms with Crippen molar-refractivity contribution < 1.29 is 14.3 Å². The number of carbonyl (C=O) groups is 2. The van der Waals surface area contributed by atoms with Crippen LogP contribution in [0.3, 0.4) is 0 Å². The summed E-state index contributed by atoms with van der Waals surface area (Å²) in [7, 11) is 0. The molecule has 98 valence electrons. The second-order valence-corrected chi connectivity index (χ2v) is 4.09. The highest BCUT2D eigenvalue weighted by molar-refractivity contribution is 5.85. The van der Waals surface area contributed by atoms with Gasteiger partial charge in [0, 0.05) is 12.5 Å². The lowest BCUT2D eigenvalue weighted by Crippen LogP contribution is -2.48. The predicted molar refractivity (Wildman–Crippen MR) is 63.0 cm³/mol. The number of ether oxygens (including phenoxy) is 1. The fourth-order valence-electron chi connectivity index (χ4n) is 1.42. The van der Waals surface area contributed by atoms with Gasteiger partial charge in [0.2, 0.25) is 5.91 Å².